The van der Waals surface area contributed by atoms with E-state index in [1.54, 1.807) is 0 Å². The zero-order chi connectivity index (χ0) is 13.5. The third kappa shape index (κ3) is 2.17. The Morgan fingerprint density at radius 2 is 2.00 bits per heavy atom. The Bertz CT molecular complexity index is 500. The molecule has 0 fully saturated rings. The molecule has 0 saturated carbocycles. The van der Waals surface area contributed by atoms with Gasteiger partial charge in [0.25, 0.3) is 0 Å². The molecular formula is C16H23NO. The van der Waals surface area contributed by atoms with Crippen LogP contribution in [0.25, 0.3) is 6.08 Å². The fraction of sp³-hybridized carbons (Fsp3) is 0.500. The molecule has 2 nitrogen and oxygen atoms in total. The summed E-state index contributed by atoms with van der Waals surface area (Å²) in [5.41, 5.74) is 10.7. The highest BCUT2D eigenvalue weighted by atomic mass is 16.5. The van der Waals surface area contributed by atoms with Gasteiger partial charge in [-0.25, -0.2) is 0 Å². The lowest BCUT2D eigenvalue weighted by atomic mass is 9.87. The normalized spacial score (nSPS) is 18.1. The van der Waals surface area contributed by atoms with Gasteiger partial charge >= 0.3 is 0 Å². The molecule has 1 atom stereocenters. The van der Waals surface area contributed by atoms with E-state index in [0.717, 1.165) is 5.75 Å². The fourth-order valence-electron chi connectivity index (χ4n) is 2.75. The van der Waals surface area contributed by atoms with Crippen molar-refractivity contribution < 1.29 is 4.74 Å². The van der Waals surface area contributed by atoms with Crippen LogP contribution >= 0.6 is 0 Å². The molecule has 0 saturated heterocycles. The topological polar surface area (TPSA) is 35.2 Å². The first-order valence-electron chi connectivity index (χ1n) is 6.58. The smallest absolute Gasteiger partial charge is 0.128 e. The molecule has 0 amide bonds. The van der Waals surface area contributed by atoms with Crippen molar-refractivity contribution in [1.29, 1.82) is 0 Å². The number of fused-ring (bicyclic) bond motifs is 1. The Hall–Kier alpha value is -1.28. The second-order valence-corrected chi connectivity index (χ2v) is 5.82. The number of aryl methyl sites for hydroxylation is 1. The standard InChI is InChI=1S/C16H23NO/c1-10-8-14-13(6-7-16(4,5)18-14)12(3)15(10)11(2)9-17/h6-8,11H,9,17H2,1-5H3. The fourth-order valence-corrected chi connectivity index (χ4v) is 2.75. The lowest BCUT2D eigenvalue weighted by molar-refractivity contribution is 0.158. The van der Waals surface area contributed by atoms with Gasteiger partial charge in [0.15, 0.2) is 0 Å². The number of hydrogen-bond donors (Lipinski definition) is 1. The van der Waals surface area contributed by atoms with Gasteiger partial charge in [0.05, 0.1) is 0 Å². The van der Waals surface area contributed by atoms with E-state index in [2.05, 4.69) is 52.8 Å². The van der Waals surface area contributed by atoms with Gasteiger partial charge in [0.1, 0.15) is 11.4 Å². The Balaban J connectivity index is 2.58. The van der Waals surface area contributed by atoms with Crippen LogP contribution in [0.5, 0.6) is 5.75 Å². The summed E-state index contributed by atoms with van der Waals surface area (Å²) in [5.74, 6) is 1.38. The minimum atomic E-state index is -0.215. The Labute approximate surface area is 110 Å². The molecule has 18 heavy (non-hydrogen) atoms. The molecule has 1 aromatic carbocycles. The predicted molar refractivity (Wildman–Crippen MR) is 77.1 cm³/mol. The van der Waals surface area contributed by atoms with Crippen molar-refractivity contribution in [3.05, 3.63) is 34.4 Å². The highest BCUT2D eigenvalue weighted by Gasteiger charge is 2.25. The van der Waals surface area contributed by atoms with Gasteiger partial charge in [-0.1, -0.05) is 13.0 Å². The van der Waals surface area contributed by atoms with Crippen molar-refractivity contribution in [3.63, 3.8) is 0 Å². The van der Waals surface area contributed by atoms with E-state index in [-0.39, 0.29) is 5.60 Å². The highest BCUT2D eigenvalue weighted by molar-refractivity contribution is 5.67. The molecule has 1 aliphatic rings. The Morgan fingerprint density at radius 1 is 1.33 bits per heavy atom. The van der Waals surface area contributed by atoms with Gasteiger partial charge in [0.2, 0.25) is 0 Å². The molecule has 2 heteroatoms. The van der Waals surface area contributed by atoms with Crippen LogP contribution in [0.3, 0.4) is 0 Å². The molecule has 1 heterocycles. The maximum atomic E-state index is 6.03. The average molecular weight is 245 g/mol. The van der Waals surface area contributed by atoms with Gasteiger partial charge in [-0.15, -0.1) is 0 Å². The number of benzene rings is 1. The minimum absolute atomic E-state index is 0.215. The van der Waals surface area contributed by atoms with Crippen LogP contribution in [-0.4, -0.2) is 12.1 Å². The number of ether oxygens (including phenoxy) is 1. The Kier molecular flexibility index (Phi) is 3.24. The molecule has 1 unspecified atom stereocenters. The summed E-state index contributed by atoms with van der Waals surface area (Å²) < 4.78 is 6.03. The summed E-state index contributed by atoms with van der Waals surface area (Å²) in [5, 5.41) is 0. The van der Waals surface area contributed by atoms with E-state index in [0.29, 0.717) is 12.5 Å². The van der Waals surface area contributed by atoms with E-state index >= 15 is 0 Å². The third-order valence-corrected chi connectivity index (χ3v) is 3.72. The van der Waals surface area contributed by atoms with Crippen LogP contribution in [0.15, 0.2) is 12.1 Å². The minimum Gasteiger partial charge on any atom is -0.483 e. The molecule has 98 valence electrons. The summed E-state index contributed by atoms with van der Waals surface area (Å²) in [6, 6.07) is 2.15. The monoisotopic (exact) mass is 245 g/mol. The second-order valence-electron chi connectivity index (χ2n) is 5.82. The van der Waals surface area contributed by atoms with Crippen LogP contribution in [0.2, 0.25) is 0 Å². The van der Waals surface area contributed by atoms with E-state index < -0.39 is 0 Å². The maximum Gasteiger partial charge on any atom is 0.128 e. The maximum absolute atomic E-state index is 6.03. The molecule has 0 aromatic heterocycles. The van der Waals surface area contributed by atoms with Gasteiger partial charge in [-0.2, -0.15) is 0 Å². The zero-order valence-electron chi connectivity index (χ0n) is 12.0. The summed E-state index contributed by atoms with van der Waals surface area (Å²) in [6.07, 6.45) is 4.30. The molecule has 1 aliphatic heterocycles. The summed E-state index contributed by atoms with van der Waals surface area (Å²) in [6.45, 7) is 11.3. The first-order valence-corrected chi connectivity index (χ1v) is 6.58. The SMILES string of the molecule is Cc1cc2c(c(C)c1C(C)CN)C=CC(C)(C)O2. The molecule has 0 aliphatic carbocycles. The van der Waals surface area contributed by atoms with Crippen LogP contribution in [0, 0.1) is 13.8 Å². The Morgan fingerprint density at radius 3 is 2.61 bits per heavy atom. The van der Waals surface area contributed by atoms with Gasteiger partial charge in [-0.05, 0) is 69.0 Å². The quantitative estimate of drug-likeness (QED) is 0.864. The van der Waals surface area contributed by atoms with E-state index in [1.165, 1.54) is 22.3 Å². The van der Waals surface area contributed by atoms with Crippen molar-refractivity contribution in [2.24, 2.45) is 5.73 Å². The molecule has 0 spiro atoms. The second kappa shape index (κ2) is 4.43. The number of hydrogen-bond acceptors (Lipinski definition) is 2. The lowest BCUT2D eigenvalue weighted by Crippen LogP contribution is -2.28. The first kappa shape index (κ1) is 13.2. The summed E-state index contributed by atoms with van der Waals surface area (Å²) >= 11 is 0. The third-order valence-electron chi connectivity index (χ3n) is 3.72. The van der Waals surface area contributed by atoms with Crippen LogP contribution in [0.4, 0.5) is 0 Å². The predicted octanol–water partition coefficient (Wildman–Crippen LogP) is 3.55. The number of rotatable bonds is 2. The van der Waals surface area contributed by atoms with Crippen molar-refractivity contribution in [2.45, 2.75) is 46.1 Å². The van der Waals surface area contributed by atoms with Crippen LogP contribution in [0.1, 0.15) is 48.9 Å². The first-order chi connectivity index (χ1) is 8.35. The molecule has 2 N–H and O–H groups in total. The summed E-state index contributed by atoms with van der Waals surface area (Å²) in [4.78, 5) is 0. The van der Waals surface area contributed by atoms with Crippen molar-refractivity contribution in [1.82, 2.24) is 0 Å². The van der Waals surface area contributed by atoms with E-state index in [4.69, 9.17) is 10.5 Å². The molecule has 0 bridgehead atoms. The van der Waals surface area contributed by atoms with Gasteiger partial charge in [-0.3, -0.25) is 0 Å². The zero-order valence-corrected chi connectivity index (χ0v) is 12.0. The van der Waals surface area contributed by atoms with Gasteiger partial charge in [0, 0.05) is 5.56 Å². The van der Waals surface area contributed by atoms with Crippen molar-refractivity contribution >= 4 is 6.08 Å². The average Bonchev–Trinajstić information content (AvgIpc) is 2.26. The molecule has 2 rings (SSSR count). The molecule has 0 radical (unpaired) electrons. The van der Waals surface area contributed by atoms with E-state index in [9.17, 15) is 0 Å². The van der Waals surface area contributed by atoms with E-state index in [1.807, 2.05) is 0 Å². The summed E-state index contributed by atoms with van der Waals surface area (Å²) in [7, 11) is 0. The largest absolute Gasteiger partial charge is 0.483 e. The highest BCUT2D eigenvalue weighted by Crippen LogP contribution is 2.38. The lowest BCUT2D eigenvalue weighted by Gasteiger charge is -2.30. The van der Waals surface area contributed by atoms with Gasteiger partial charge < -0.3 is 10.5 Å². The molecule has 1 aromatic rings. The van der Waals surface area contributed by atoms with Crippen molar-refractivity contribution in [3.8, 4) is 5.75 Å². The van der Waals surface area contributed by atoms with Crippen LogP contribution in [-0.2, 0) is 0 Å². The molecular weight excluding hydrogens is 222 g/mol. The number of nitrogens with two attached hydrogens (primary N) is 1. The van der Waals surface area contributed by atoms with Crippen LogP contribution < -0.4 is 10.5 Å². The van der Waals surface area contributed by atoms with Crippen molar-refractivity contribution in [2.75, 3.05) is 6.54 Å².